The van der Waals surface area contributed by atoms with Gasteiger partial charge < -0.3 is 0 Å². The van der Waals surface area contributed by atoms with E-state index in [1.54, 1.807) is 17.0 Å². The molecule has 8 heteroatoms. The minimum Gasteiger partial charge on any atom is -0.271 e. The highest BCUT2D eigenvalue weighted by Crippen LogP contribution is 2.46. The second-order valence-corrected chi connectivity index (χ2v) is 18.7. The summed E-state index contributed by atoms with van der Waals surface area (Å²) in [6.45, 7) is 8.84. The fraction of sp³-hybridized carbons (Fsp3) is 0.556. The molecule has 5 aromatic carbocycles. The van der Waals surface area contributed by atoms with Gasteiger partial charge in [-0.2, -0.15) is 0 Å². The quantitative estimate of drug-likeness (QED) is 0.0183. The highest BCUT2D eigenvalue weighted by atomic mass is 16.2. The Kier molecular flexibility index (Phi) is 15.5. The maximum Gasteiger partial charge on any atom is 0.261 e. The van der Waals surface area contributed by atoms with Gasteiger partial charge in [-0.15, -0.1) is 0 Å². The number of benzene rings is 5. The fourth-order valence-corrected chi connectivity index (χ4v) is 11.0. The largest absolute Gasteiger partial charge is 0.271 e. The van der Waals surface area contributed by atoms with E-state index in [2.05, 4.69) is 27.7 Å². The predicted molar refractivity (Wildman–Crippen MR) is 261 cm³/mol. The Morgan fingerprint density at radius 2 is 0.677 bits per heavy atom. The molecule has 2 aliphatic heterocycles. The number of fused-ring (bicyclic) bond motifs is 2. The van der Waals surface area contributed by atoms with Crippen molar-refractivity contribution in [3.63, 3.8) is 0 Å². The number of imide groups is 2. The van der Waals surface area contributed by atoms with Crippen LogP contribution in [0.1, 0.15) is 223 Å². The number of nitrogens with zero attached hydrogens (tertiary/aromatic N) is 2. The van der Waals surface area contributed by atoms with Gasteiger partial charge in [0.05, 0.1) is 0 Å². The minimum absolute atomic E-state index is 0.159. The van der Waals surface area contributed by atoms with Crippen LogP contribution in [0.3, 0.4) is 0 Å². The monoisotopic (exact) mass is 831 g/mol. The van der Waals surface area contributed by atoms with Gasteiger partial charge in [0.1, 0.15) is 15.7 Å². The van der Waals surface area contributed by atoms with Gasteiger partial charge in [-0.25, -0.2) is 0 Å². The van der Waals surface area contributed by atoms with Crippen LogP contribution in [0.4, 0.5) is 0 Å². The topological polar surface area (TPSA) is 74.8 Å². The van der Waals surface area contributed by atoms with E-state index < -0.39 is 0 Å². The normalized spacial score (nSPS) is 14.2. The SMILES string of the molecule is [B]c1cc2c3c(cc([B])c4c5ccc6c7c(ccc(c1c34)c75)C(=O)N(C(CCCCCCC)CCCCCCC)C6=O)C(=O)N(C(CCCCCCC)CCCCCCC)C2=O. The Bertz CT molecular complexity index is 2270. The average molecular weight is 831 g/mol. The molecule has 324 valence electrons. The van der Waals surface area contributed by atoms with Gasteiger partial charge in [0, 0.05) is 45.1 Å². The van der Waals surface area contributed by atoms with Crippen LogP contribution in [0.25, 0.3) is 43.1 Å². The molecule has 0 bridgehead atoms. The first-order valence-electron chi connectivity index (χ1n) is 24.7. The Hall–Kier alpha value is -4.19. The van der Waals surface area contributed by atoms with E-state index in [0.29, 0.717) is 60.1 Å². The van der Waals surface area contributed by atoms with Crippen molar-refractivity contribution in [2.45, 2.75) is 194 Å². The molecule has 0 N–H and O–H groups in total. The first-order chi connectivity index (χ1) is 30.2. The maximum absolute atomic E-state index is 14.8. The Morgan fingerprint density at radius 1 is 0.371 bits per heavy atom. The number of rotatable bonds is 26. The van der Waals surface area contributed by atoms with Crippen molar-refractivity contribution in [3.8, 4) is 0 Å². The zero-order valence-corrected chi connectivity index (χ0v) is 38.3. The third kappa shape index (κ3) is 8.83. The summed E-state index contributed by atoms with van der Waals surface area (Å²) in [5, 5.41) is 5.65. The molecule has 0 atom stereocenters. The first-order valence-corrected chi connectivity index (χ1v) is 24.7. The molecular weight excluding hydrogens is 762 g/mol. The lowest BCUT2D eigenvalue weighted by molar-refractivity contribution is 0.0501. The van der Waals surface area contributed by atoms with Crippen LogP contribution in [-0.2, 0) is 0 Å². The summed E-state index contributed by atoms with van der Waals surface area (Å²) in [7, 11) is 14.1. The Morgan fingerprint density at radius 3 is 1.02 bits per heavy atom. The van der Waals surface area contributed by atoms with Crippen LogP contribution >= 0.6 is 0 Å². The lowest BCUT2D eigenvalue weighted by Gasteiger charge is -2.36. The molecule has 0 fully saturated rings. The Labute approximate surface area is 373 Å². The molecule has 7 rings (SSSR count). The van der Waals surface area contributed by atoms with Gasteiger partial charge in [0.15, 0.2) is 0 Å². The molecule has 4 amide bonds. The standard InChI is InChI=1S/C54H68B2N2O4/c1-5-9-13-17-21-25-35(26-22-18-14-10-6-2)57-51(59)39-31-29-37-45-38(30-32-40(46(39)45)52(57)60)49-44(56)34-42-47-41(33-43(55)48(37)50(47)49)53(61)58(54(42)62)36(27-23-19-15-11-7-3)28-24-20-16-12-8-4/h29-36H,5-28H2,1-4H3. The van der Waals surface area contributed by atoms with E-state index in [0.717, 1.165) is 132 Å². The molecular formula is C54H68B2N2O4. The molecule has 5 aromatic rings. The van der Waals surface area contributed by atoms with Crippen molar-refractivity contribution in [3.05, 3.63) is 58.7 Å². The summed E-state index contributed by atoms with van der Waals surface area (Å²) in [5.74, 6) is -1.06. The number of hydrogen-bond donors (Lipinski definition) is 0. The molecule has 0 saturated heterocycles. The van der Waals surface area contributed by atoms with Gasteiger partial charge in [0.2, 0.25) is 0 Å². The van der Waals surface area contributed by atoms with Crippen molar-refractivity contribution in [2.24, 2.45) is 0 Å². The molecule has 6 nitrogen and oxygen atoms in total. The fourth-order valence-electron chi connectivity index (χ4n) is 11.0. The number of carbonyl (C=O) groups is 4. The van der Waals surface area contributed by atoms with Crippen LogP contribution in [0.2, 0.25) is 0 Å². The summed E-state index contributed by atoms with van der Waals surface area (Å²) >= 11 is 0. The summed E-state index contributed by atoms with van der Waals surface area (Å²) in [6.07, 6.45) is 25.5. The highest BCUT2D eigenvalue weighted by molar-refractivity contribution is 6.54. The summed E-state index contributed by atoms with van der Waals surface area (Å²) in [6, 6.07) is 10.8. The molecule has 0 unspecified atom stereocenters. The summed E-state index contributed by atoms with van der Waals surface area (Å²) in [5.41, 5.74) is 2.73. The Balaban J connectivity index is 1.30. The summed E-state index contributed by atoms with van der Waals surface area (Å²) < 4.78 is 0. The predicted octanol–water partition coefficient (Wildman–Crippen LogP) is 12.7. The molecule has 2 aliphatic rings. The van der Waals surface area contributed by atoms with E-state index in [-0.39, 0.29) is 35.7 Å². The van der Waals surface area contributed by atoms with Crippen LogP contribution in [0, 0.1) is 0 Å². The van der Waals surface area contributed by atoms with Crippen molar-refractivity contribution in [2.75, 3.05) is 0 Å². The lowest BCUT2D eigenvalue weighted by atomic mass is 9.73. The van der Waals surface area contributed by atoms with Crippen LogP contribution in [0.5, 0.6) is 0 Å². The van der Waals surface area contributed by atoms with Crippen LogP contribution in [-0.4, -0.2) is 61.2 Å². The molecule has 2 heterocycles. The van der Waals surface area contributed by atoms with E-state index in [1.807, 2.05) is 24.3 Å². The van der Waals surface area contributed by atoms with Crippen molar-refractivity contribution < 1.29 is 19.2 Å². The van der Waals surface area contributed by atoms with Crippen LogP contribution in [0.15, 0.2) is 36.4 Å². The third-order valence-corrected chi connectivity index (χ3v) is 14.3. The van der Waals surface area contributed by atoms with Gasteiger partial charge in [-0.1, -0.05) is 191 Å². The van der Waals surface area contributed by atoms with Gasteiger partial charge >= 0.3 is 0 Å². The molecule has 0 saturated carbocycles. The lowest BCUT2D eigenvalue weighted by Crippen LogP contribution is -2.48. The zero-order valence-electron chi connectivity index (χ0n) is 38.3. The van der Waals surface area contributed by atoms with E-state index in [9.17, 15) is 19.2 Å². The second kappa shape index (κ2) is 21.0. The number of hydrogen-bond acceptors (Lipinski definition) is 4. The van der Waals surface area contributed by atoms with E-state index in [1.165, 1.54) is 43.4 Å². The smallest absolute Gasteiger partial charge is 0.261 e. The average Bonchev–Trinajstić information content (AvgIpc) is 3.26. The maximum atomic E-state index is 14.8. The highest BCUT2D eigenvalue weighted by Gasteiger charge is 2.41. The molecule has 0 aromatic heterocycles. The summed E-state index contributed by atoms with van der Waals surface area (Å²) in [4.78, 5) is 62.1. The molecule has 0 aliphatic carbocycles. The van der Waals surface area contributed by atoms with E-state index >= 15 is 0 Å². The molecule has 4 radical (unpaired) electrons. The second-order valence-electron chi connectivity index (χ2n) is 18.7. The minimum atomic E-state index is -0.291. The first kappa shape index (κ1) is 45.8. The molecule has 62 heavy (non-hydrogen) atoms. The van der Waals surface area contributed by atoms with Gasteiger partial charge in [0.25, 0.3) is 23.6 Å². The molecule has 0 spiro atoms. The van der Waals surface area contributed by atoms with Gasteiger partial charge in [-0.3, -0.25) is 29.0 Å². The number of unbranched alkanes of at least 4 members (excludes halogenated alkanes) is 16. The number of amides is 4. The van der Waals surface area contributed by atoms with E-state index in [4.69, 9.17) is 15.7 Å². The zero-order chi connectivity index (χ0) is 43.9. The van der Waals surface area contributed by atoms with Crippen molar-refractivity contribution >= 4 is 93.3 Å². The van der Waals surface area contributed by atoms with Crippen LogP contribution < -0.4 is 10.9 Å². The van der Waals surface area contributed by atoms with Gasteiger partial charge in [-0.05, 0) is 70.1 Å². The van der Waals surface area contributed by atoms with Crippen molar-refractivity contribution in [1.29, 1.82) is 0 Å². The number of carbonyl (C=O) groups excluding carboxylic acids is 4. The third-order valence-electron chi connectivity index (χ3n) is 14.3. The van der Waals surface area contributed by atoms with Crippen molar-refractivity contribution in [1.82, 2.24) is 9.80 Å².